The van der Waals surface area contributed by atoms with Crippen molar-refractivity contribution in [2.75, 3.05) is 0 Å². The van der Waals surface area contributed by atoms with Crippen LogP contribution in [0.3, 0.4) is 0 Å². The van der Waals surface area contributed by atoms with E-state index in [1.807, 2.05) is 0 Å². The molecule has 2 aliphatic carbocycles. The van der Waals surface area contributed by atoms with Crippen LogP contribution in [0.5, 0.6) is 0 Å². The van der Waals surface area contributed by atoms with Gasteiger partial charge in [0.15, 0.2) is 0 Å². The van der Waals surface area contributed by atoms with Gasteiger partial charge in [0.1, 0.15) is 17.3 Å². The molecule has 4 aromatic carbocycles. The number of hydrogen-bond donors (Lipinski definition) is 0. The second kappa shape index (κ2) is 22.9. The lowest BCUT2D eigenvalue weighted by molar-refractivity contribution is -0.124. The monoisotopic (exact) mass is 779 g/mol. The molecule has 0 spiro atoms. The highest BCUT2D eigenvalue weighted by atomic mass is 16.1. The Morgan fingerprint density at radius 1 is 0.397 bits per heavy atom. The second-order valence-corrected chi connectivity index (χ2v) is 17.8. The minimum absolute atomic E-state index is 0.292. The molecule has 0 saturated heterocycles. The smallest absolute Gasteiger partial charge is 0.135 e. The van der Waals surface area contributed by atoms with Crippen LogP contribution >= 0.6 is 0 Å². The number of aryl methyl sites for hydroxylation is 2. The summed E-state index contributed by atoms with van der Waals surface area (Å²) in [6.45, 7) is 4.32. The SMILES string of the molecule is CCCCC(=O)C1CCC(c2ccc(-c3ccc(CCCCC(=O)CCCCc4ccc(-c5ccc([C@H]6CC[C@H](C(=O)CCCC)CC6)cc5)cc4)cc3)cc2)CC1. The van der Waals surface area contributed by atoms with Gasteiger partial charge in [-0.3, -0.25) is 14.4 Å². The molecular weight excluding hydrogens is 709 g/mol. The summed E-state index contributed by atoms with van der Waals surface area (Å²) >= 11 is 0. The Morgan fingerprint density at radius 2 is 0.724 bits per heavy atom. The summed E-state index contributed by atoms with van der Waals surface area (Å²) in [5.74, 6) is 3.13. The van der Waals surface area contributed by atoms with Crippen molar-refractivity contribution in [1.29, 1.82) is 0 Å². The first-order valence-corrected chi connectivity index (χ1v) is 23.4. The fraction of sp³-hybridized carbons (Fsp3) is 0.509. The Hall–Kier alpha value is -4.11. The molecule has 0 atom stereocenters. The van der Waals surface area contributed by atoms with Gasteiger partial charge in [0, 0.05) is 37.5 Å². The van der Waals surface area contributed by atoms with Crippen molar-refractivity contribution in [3.05, 3.63) is 119 Å². The van der Waals surface area contributed by atoms with E-state index in [0.29, 0.717) is 53.9 Å². The van der Waals surface area contributed by atoms with Crippen LogP contribution in [0.25, 0.3) is 22.3 Å². The number of hydrogen-bond acceptors (Lipinski definition) is 3. The van der Waals surface area contributed by atoms with Gasteiger partial charge in [-0.1, -0.05) is 124 Å². The number of ketones is 3. The van der Waals surface area contributed by atoms with Crippen LogP contribution in [-0.2, 0) is 27.2 Å². The van der Waals surface area contributed by atoms with Gasteiger partial charge in [0.2, 0.25) is 0 Å². The van der Waals surface area contributed by atoms with E-state index in [0.717, 1.165) is 128 Å². The molecule has 2 saturated carbocycles. The largest absolute Gasteiger partial charge is 0.300 e. The Balaban J connectivity index is 0.825. The van der Waals surface area contributed by atoms with Gasteiger partial charge in [0.05, 0.1) is 0 Å². The zero-order chi connectivity index (χ0) is 40.5. The highest BCUT2D eigenvalue weighted by molar-refractivity contribution is 5.81. The van der Waals surface area contributed by atoms with Gasteiger partial charge in [-0.2, -0.15) is 0 Å². The van der Waals surface area contributed by atoms with Gasteiger partial charge in [-0.25, -0.2) is 0 Å². The third-order valence-electron chi connectivity index (χ3n) is 13.6. The fourth-order valence-electron chi connectivity index (χ4n) is 9.66. The first-order valence-electron chi connectivity index (χ1n) is 23.4. The lowest BCUT2D eigenvalue weighted by atomic mass is 9.76. The van der Waals surface area contributed by atoms with E-state index in [-0.39, 0.29) is 0 Å². The summed E-state index contributed by atoms with van der Waals surface area (Å²) in [6.07, 6.45) is 21.9. The molecule has 6 rings (SSSR count). The summed E-state index contributed by atoms with van der Waals surface area (Å²) in [5.41, 5.74) is 10.5. The van der Waals surface area contributed by atoms with Crippen molar-refractivity contribution in [1.82, 2.24) is 0 Å². The van der Waals surface area contributed by atoms with E-state index in [9.17, 15) is 14.4 Å². The van der Waals surface area contributed by atoms with Crippen LogP contribution in [0.4, 0.5) is 0 Å². The maximum absolute atomic E-state index is 12.6. The van der Waals surface area contributed by atoms with Crippen molar-refractivity contribution in [2.45, 2.75) is 167 Å². The molecule has 2 aliphatic rings. The highest BCUT2D eigenvalue weighted by Crippen LogP contribution is 2.39. The van der Waals surface area contributed by atoms with Crippen molar-refractivity contribution in [3.8, 4) is 22.3 Å². The number of unbranched alkanes of at least 4 members (excludes halogenated alkanes) is 4. The standard InChI is InChI=1S/C55H70O3/c1-3-5-15-54(57)51-37-33-49(34-38-51)47-29-25-45(26-30-47)43-21-17-41(18-22-43)11-7-9-13-53(56)14-10-8-12-42-19-23-44(24-20-42)46-27-31-48(32-28-46)50-35-39-52(40-36-50)55(58)16-6-4-2/h17-32,49-52H,3-16,33-40H2,1-2H3/t49-,50?,51-,52?. The molecule has 3 heteroatoms. The molecule has 0 heterocycles. The topological polar surface area (TPSA) is 51.2 Å². The van der Waals surface area contributed by atoms with E-state index in [1.165, 1.54) is 44.5 Å². The van der Waals surface area contributed by atoms with Crippen LogP contribution in [0.2, 0.25) is 0 Å². The maximum Gasteiger partial charge on any atom is 0.135 e. The van der Waals surface area contributed by atoms with Crippen LogP contribution in [0, 0.1) is 11.8 Å². The minimum Gasteiger partial charge on any atom is -0.300 e. The molecule has 308 valence electrons. The van der Waals surface area contributed by atoms with Gasteiger partial charge >= 0.3 is 0 Å². The molecule has 2 fully saturated rings. The zero-order valence-electron chi connectivity index (χ0n) is 35.8. The summed E-state index contributed by atoms with van der Waals surface area (Å²) < 4.78 is 0. The average molecular weight is 779 g/mol. The summed E-state index contributed by atoms with van der Waals surface area (Å²) in [6, 6.07) is 36.2. The van der Waals surface area contributed by atoms with Crippen LogP contribution < -0.4 is 0 Å². The van der Waals surface area contributed by atoms with Gasteiger partial charge in [0.25, 0.3) is 0 Å². The predicted octanol–water partition coefficient (Wildman–Crippen LogP) is 14.8. The molecule has 3 nitrogen and oxygen atoms in total. The highest BCUT2D eigenvalue weighted by Gasteiger charge is 2.28. The maximum atomic E-state index is 12.6. The number of benzene rings is 4. The van der Waals surface area contributed by atoms with Crippen molar-refractivity contribution in [2.24, 2.45) is 11.8 Å². The molecule has 0 aliphatic heterocycles. The van der Waals surface area contributed by atoms with Gasteiger partial charge < -0.3 is 0 Å². The quantitative estimate of drug-likeness (QED) is 0.0747. The van der Waals surface area contributed by atoms with Crippen molar-refractivity contribution in [3.63, 3.8) is 0 Å². The molecule has 0 amide bonds. The Bertz CT molecular complexity index is 1700. The Morgan fingerprint density at radius 3 is 1.05 bits per heavy atom. The van der Waals surface area contributed by atoms with E-state index in [4.69, 9.17) is 0 Å². The normalized spacial score (nSPS) is 19.5. The van der Waals surface area contributed by atoms with Crippen molar-refractivity contribution >= 4 is 17.3 Å². The second-order valence-electron chi connectivity index (χ2n) is 17.8. The molecule has 0 unspecified atom stereocenters. The molecule has 0 aromatic heterocycles. The van der Waals surface area contributed by atoms with E-state index < -0.39 is 0 Å². The van der Waals surface area contributed by atoms with E-state index in [2.05, 4.69) is 111 Å². The summed E-state index contributed by atoms with van der Waals surface area (Å²) in [7, 11) is 0. The zero-order valence-corrected chi connectivity index (χ0v) is 35.8. The molecular formula is C55H70O3. The van der Waals surface area contributed by atoms with Crippen LogP contribution in [0.15, 0.2) is 97.1 Å². The molecule has 4 aromatic rings. The third kappa shape index (κ3) is 12.9. The van der Waals surface area contributed by atoms with Gasteiger partial charge in [-0.05, 0) is 159 Å². The van der Waals surface area contributed by atoms with Gasteiger partial charge in [-0.15, -0.1) is 0 Å². The fourth-order valence-corrected chi connectivity index (χ4v) is 9.66. The molecule has 58 heavy (non-hydrogen) atoms. The Kier molecular flexibility index (Phi) is 17.1. The number of Topliss-reactive ketones (excluding diaryl/α,β-unsaturated/α-hetero) is 3. The summed E-state index contributed by atoms with van der Waals surface area (Å²) in [5, 5.41) is 0. The minimum atomic E-state index is 0.292. The number of carbonyl (C=O) groups is 3. The van der Waals surface area contributed by atoms with E-state index >= 15 is 0 Å². The lowest BCUT2D eigenvalue weighted by Gasteiger charge is -2.28. The average Bonchev–Trinajstić information content (AvgIpc) is 3.28. The first kappa shape index (κ1) is 43.5. The Labute approximate surface area is 350 Å². The number of carbonyl (C=O) groups excluding carboxylic acids is 3. The van der Waals surface area contributed by atoms with E-state index in [1.54, 1.807) is 0 Å². The molecule has 0 N–H and O–H groups in total. The van der Waals surface area contributed by atoms with Crippen molar-refractivity contribution < 1.29 is 14.4 Å². The molecule has 0 bridgehead atoms. The lowest BCUT2D eigenvalue weighted by Crippen LogP contribution is -2.21. The summed E-state index contributed by atoms with van der Waals surface area (Å²) in [4.78, 5) is 37.6. The number of rotatable bonds is 22. The van der Waals surface area contributed by atoms with Crippen LogP contribution in [0.1, 0.15) is 176 Å². The predicted molar refractivity (Wildman–Crippen MR) is 242 cm³/mol. The van der Waals surface area contributed by atoms with Crippen LogP contribution in [-0.4, -0.2) is 17.3 Å². The first-order chi connectivity index (χ1) is 28.4. The third-order valence-corrected chi connectivity index (χ3v) is 13.6. The molecule has 0 radical (unpaired) electrons.